The highest BCUT2D eigenvalue weighted by Crippen LogP contribution is 2.30. The van der Waals surface area contributed by atoms with Crippen molar-refractivity contribution in [3.05, 3.63) is 0 Å². The molecule has 2 aliphatic rings. The zero-order chi connectivity index (χ0) is 13.9. The first-order valence-electron chi connectivity index (χ1n) is 7.15. The standard InChI is InChI=1S/C14H23NO4/c1-14(6-3-7-19-14)9-15-12(16)10-4-2-5-11(8-10)13(17)18/h10-11H,2-9H2,1H3,(H,15,16)(H,17,18)/t10-,11-,14-/m1/s1. The van der Waals surface area contributed by atoms with Gasteiger partial charge in [0.15, 0.2) is 0 Å². The van der Waals surface area contributed by atoms with E-state index in [1.807, 2.05) is 6.92 Å². The van der Waals surface area contributed by atoms with Crippen molar-refractivity contribution in [3.8, 4) is 0 Å². The van der Waals surface area contributed by atoms with Crippen LogP contribution in [0.5, 0.6) is 0 Å². The number of hydrogen-bond acceptors (Lipinski definition) is 3. The minimum absolute atomic E-state index is 0.0114. The number of carboxylic acids is 1. The molecule has 1 saturated heterocycles. The molecule has 108 valence electrons. The summed E-state index contributed by atoms with van der Waals surface area (Å²) < 4.78 is 5.63. The van der Waals surface area contributed by atoms with Gasteiger partial charge in [-0.2, -0.15) is 0 Å². The number of nitrogens with one attached hydrogen (secondary N) is 1. The lowest BCUT2D eigenvalue weighted by Crippen LogP contribution is -2.43. The number of carboxylic acid groups (broad SMARTS) is 1. The van der Waals surface area contributed by atoms with E-state index in [1.165, 1.54) is 0 Å². The topological polar surface area (TPSA) is 75.6 Å². The maximum absolute atomic E-state index is 12.1. The maximum Gasteiger partial charge on any atom is 0.306 e. The van der Waals surface area contributed by atoms with E-state index in [4.69, 9.17) is 9.84 Å². The van der Waals surface area contributed by atoms with Crippen molar-refractivity contribution in [2.75, 3.05) is 13.2 Å². The molecule has 0 spiro atoms. The van der Waals surface area contributed by atoms with Gasteiger partial charge in [-0.3, -0.25) is 9.59 Å². The molecule has 0 aromatic rings. The van der Waals surface area contributed by atoms with Crippen LogP contribution in [0.25, 0.3) is 0 Å². The number of carbonyl (C=O) groups excluding carboxylic acids is 1. The Kier molecular flexibility index (Phi) is 4.45. The summed E-state index contributed by atoms with van der Waals surface area (Å²) in [6, 6.07) is 0. The highest BCUT2D eigenvalue weighted by molar-refractivity contribution is 5.80. The summed E-state index contributed by atoms with van der Waals surface area (Å²) in [7, 11) is 0. The third kappa shape index (κ3) is 3.69. The van der Waals surface area contributed by atoms with Crippen molar-refractivity contribution >= 4 is 11.9 Å². The van der Waals surface area contributed by atoms with Crippen LogP contribution in [0.3, 0.4) is 0 Å². The normalized spacial score (nSPS) is 35.0. The van der Waals surface area contributed by atoms with Crippen LogP contribution >= 0.6 is 0 Å². The highest BCUT2D eigenvalue weighted by atomic mass is 16.5. The second kappa shape index (κ2) is 5.90. The van der Waals surface area contributed by atoms with Crippen molar-refractivity contribution in [1.29, 1.82) is 0 Å². The number of ether oxygens (including phenoxy) is 1. The summed E-state index contributed by atoms with van der Waals surface area (Å²) in [5, 5.41) is 12.0. The van der Waals surface area contributed by atoms with Gasteiger partial charge in [0.2, 0.25) is 5.91 Å². The molecule has 1 aliphatic heterocycles. The van der Waals surface area contributed by atoms with E-state index in [2.05, 4.69) is 5.32 Å². The molecular formula is C14H23NO4. The Morgan fingerprint density at radius 1 is 1.32 bits per heavy atom. The SMILES string of the molecule is C[C@]1(CNC(=O)[C@@H]2CCC[C@@H](C(=O)O)C2)CCCO1. The highest BCUT2D eigenvalue weighted by Gasteiger charge is 2.34. The molecule has 1 aliphatic carbocycles. The smallest absolute Gasteiger partial charge is 0.306 e. The fraction of sp³-hybridized carbons (Fsp3) is 0.857. The average Bonchev–Trinajstić information content (AvgIpc) is 2.83. The van der Waals surface area contributed by atoms with Crippen molar-refractivity contribution in [1.82, 2.24) is 5.32 Å². The predicted molar refractivity (Wildman–Crippen MR) is 69.7 cm³/mol. The van der Waals surface area contributed by atoms with Crippen LogP contribution in [0.2, 0.25) is 0 Å². The minimum atomic E-state index is -0.774. The van der Waals surface area contributed by atoms with Gasteiger partial charge in [0.05, 0.1) is 11.5 Å². The molecule has 0 unspecified atom stereocenters. The average molecular weight is 269 g/mol. The van der Waals surface area contributed by atoms with Gasteiger partial charge in [-0.15, -0.1) is 0 Å². The van der Waals surface area contributed by atoms with Crippen LogP contribution in [-0.2, 0) is 14.3 Å². The van der Waals surface area contributed by atoms with Crippen LogP contribution in [-0.4, -0.2) is 35.7 Å². The zero-order valence-corrected chi connectivity index (χ0v) is 11.5. The molecule has 2 fully saturated rings. The van der Waals surface area contributed by atoms with Crippen LogP contribution < -0.4 is 5.32 Å². The lowest BCUT2D eigenvalue weighted by molar-refractivity contribution is -0.144. The fourth-order valence-electron chi connectivity index (χ4n) is 3.05. The van der Waals surface area contributed by atoms with Gasteiger partial charge >= 0.3 is 5.97 Å². The molecular weight excluding hydrogens is 246 g/mol. The summed E-state index contributed by atoms with van der Waals surface area (Å²) in [5.41, 5.74) is -0.240. The quantitative estimate of drug-likeness (QED) is 0.812. The van der Waals surface area contributed by atoms with E-state index in [0.717, 1.165) is 32.3 Å². The molecule has 5 nitrogen and oxygen atoms in total. The summed E-state index contributed by atoms with van der Waals surface area (Å²) >= 11 is 0. The van der Waals surface area contributed by atoms with E-state index >= 15 is 0 Å². The minimum Gasteiger partial charge on any atom is -0.481 e. The first-order valence-corrected chi connectivity index (χ1v) is 7.15. The van der Waals surface area contributed by atoms with Gasteiger partial charge < -0.3 is 15.2 Å². The zero-order valence-electron chi connectivity index (χ0n) is 11.5. The molecule has 0 bridgehead atoms. The van der Waals surface area contributed by atoms with Crippen molar-refractivity contribution in [2.45, 2.75) is 51.0 Å². The largest absolute Gasteiger partial charge is 0.481 e. The van der Waals surface area contributed by atoms with Crippen LogP contribution in [0.1, 0.15) is 45.4 Å². The number of amides is 1. The first kappa shape index (κ1) is 14.3. The molecule has 1 amide bonds. The van der Waals surface area contributed by atoms with Gasteiger partial charge in [-0.25, -0.2) is 0 Å². The second-order valence-electron chi connectivity index (χ2n) is 6.02. The lowest BCUT2D eigenvalue weighted by Gasteiger charge is -2.28. The van der Waals surface area contributed by atoms with E-state index in [0.29, 0.717) is 19.4 Å². The van der Waals surface area contributed by atoms with Gasteiger partial charge in [-0.1, -0.05) is 6.42 Å². The Morgan fingerprint density at radius 2 is 2.05 bits per heavy atom. The fourth-order valence-corrected chi connectivity index (χ4v) is 3.05. The van der Waals surface area contributed by atoms with E-state index in [-0.39, 0.29) is 23.3 Å². The maximum atomic E-state index is 12.1. The molecule has 19 heavy (non-hydrogen) atoms. The molecule has 1 saturated carbocycles. The summed E-state index contributed by atoms with van der Waals surface area (Å²) in [6.45, 7) is 3.30. The Balaban J connectivity index is 1.80. The molecule has 0 aromatic heterocycles. The molecule has 0 radical (unpaired) electrons. The molecule has 1 heterocycles. The number of aliphatic carboxylic acids is 1. The third-order valence-electron chi connectivity index (χ3n) is 4.33. The number of hydrogen-bond donors (Lipinski definition) is 2. The van der Waals surface area contributed by atoms with Gasteiger partial charge in [0, 0.05) is 19.1 Å². The monoisotopic (exact) mass is 269 g/mol. The van der Waals surface area contributed by atoms with Crippen molar-refractivity contribution in [2.24, 2.45) is 11.8 Å². The van der Waals surface area contributed by atoms with Gasteiger partial charge in [-0.05, 0) is 39.0 Å². The number of carbonyl (C=O) groups is 2. The summed E-state index contributed by atoms with van der Waals surface area (Å²) in [5.74, 6) is -1.30. The van der Waals surface area contributed by atoms with Crippen LogP contribution in [0, 0.1) is 11.8 Å². The Bertz CT molecular complexity index is 349. The molecule has 0 aromatic carbocycles. The summed E-state index contributed by atoms with van der Waals surface area (Å²) in [4.78, 5) is 23.1. The predicted octanol–water partition coefficient (Wildman–Crippen LogP) is 1.56. The third-order valence-corrected chi connectivity index (χ3v) is 4.33. The molecule has 5 heteroatoms. The summed E-state index contributed by atoms with van der Waals surface area (Å²) in [6.07, 6.45) is 4.79. The van der Waals surface area contributed by atoms with Gasteiger partial charge in [0.1, 0.15) is 0 Å². The van der Waals surface area contributed by atoms with Gasteiger partial charge in [0.25, 0.3) is 0 Å². The van der Waals surface area contributed by atoms with E-state index in [1.54, 1.807) is 0 Å². The van der Waals surface area contributed by atoms with Crippen LogP contribution in [0.4, 0.5) is 0 Å². The molecule has 2 N–H and O–H groups in total. The molecule has 3 atom stereocenters. The first-order chi connectivity index (χ1) is 9.00. The van der Waals surface area contributed by atoms with Crippen LogP contribution in [0.15, 0.2) is 0 Å². The van der Waals surface area contributed by atoms with E-state index in [9.17, 15) is 9.59 Å². The number of rotatable bonds is 4. The Hall–Kier alpha value is -1.10. The molecule has 2 rings (SSSR count). The van der Waals surface area contributed by atoms with Crippen molar-refractivity contribution in [3.63, 3.8) is 0 Å². The van der Waals surface area contributed by atoms with Crippen molar-refractivity contribution < 1.29 is 19.4 Å². The van der Waals surface area contributed by atoms with E-state index < -0.39 is 5.97 Å². The Morgan fingerprint density at radius 3 is 2.68 bits per heavy atom. The second-order valence-corrected chi connectivity index (χ2v) is 6.02. The lowest BCUT2D eigenvalue weighted by atomic mass is 9.81. The Labute approximate surface area is 113 Å².